The molecule has 0 aromatic heterocycles. The van der Waals surface area contributed by atoms with Crippen LogP contribution in [0.2, 0.25) is 0 Å². The molecule has 4 nitrogen and oxygen atoms in total. The van der Waals surface area contributed by atoms with E-state index >= 15 is 0 Å². The second-order valence-corrected chi connectivity index (χ2v) is 6.54. The molecule has 2 atom stereocenters. The zero-order chi connectivity index (χ0) is 13.4. The van der Waals surface area contributed by atoms with Gasteiger partial charge in [-0.15, -0.1) is 0 Å². The van der Waals surface area contributed by atoms with Gasteiger partial charge < -0.3 is 5.32 Å². The number of hydrogen-bond donors (Lipinski definition) is 2. The molecule has 0 aromatic rings. The Balaban J connectivity index is 2.32. The Morgan fingerprint density at radius 2 is 2.11 bits per heavy atom. The Morgan fingerprint density at radius 3 is 2.72 bits per heavy atom. The van der Waals surface area contributed by atoms with Crippen LogP contribution in [0.15, 0.2) is 4.99 Å². The Bertz CT molecular complexity index is 370. The van der Waals surface area contributed by atoms with Crippen LogP contribution in [-0.4, -0.2) is 24.0 Å². The van der Waals surface area contributed by atoms with Crippen molar-refractivity contribution in [3.63, 3.8) is 0 Å². The van der Waals surface area contributed by atoms with Crippen LogP contribution < -0.4 is 10.6 Å². The third kappa shape index (κ3) is 2.13. The Kier molecular flexibility index (Phi) is 3.39. The quantitative estimate of drug-likeness (QED) is 0.749. The van der Waals surface area contributed by atoms with Crippen molar-refractivity contribution >= 4 is 11.9 Å². The van der Waals surface area contributed by atoms with E-state index in [1.54, 1.807) is 0 Å². The highest BCUT2D eigenvalue weighted by Gasteiger charge is 2.55. The molecule has 0 bridgehead atoms. The highest BCUT2D eigenvalue weighted by molar-refractivity contribution is 6.09. The number of nitrogens with one attached hydrogen (secondary N) is 2. The molecule has 0 radical (unpaired) electrons. The van der Waals surface area contributed by atoms with Gasteiger partial charge in [0.2, 0.25) is 0 Å². The van der Waals surface area contributed by atoms with Crippen LogP contribution in [0.1, 0.15) is 53.4 Å². The van der Waals surface area contributed by atoms with E-state index in [0.717, 1.165) is 19.3 Å². The maximum absolute atomic E-state index is 12.4. The molecular weight excluding hydrogens is 226 g/mol. The topological polar surface area (TPSA) is 53.5 Å². The van der Waals surface area contributed by atoms with Crippen LogP contribution in [0.5, 0.6) is 0 Å². The van der Waals surface area contributed by atoms with E-state index in [0.29, 0.717) is 18.4 Å². The fraction of sp³-hybridized carbons (Fsp3) is 0.857. The first-order valence-corrected chi connectivity index (χ1v) is 7.04. The number of hydrogen-bond acceptors (Lipinski definition) is 2. The summed E-state index contributed by atoms with van der Waals surface area (Å²) in [6.07, 6.45) is 4.37. The zero-order valence-corrected chi connectivity index (χ0v) is 12.0. The van der Waals surface area contributed by atoms with Crippen LogP contribution in [-0.2, 0) is 4.79 Å². The van der Waals surface area contributed by atoms with E-state index in [1.807, 2.05) is 6.92 Å². The van der Waals surface area contributed by atoms with Gasteiger partial charge in [0.1, 0.15) is 5.54 Å². The van der Waals surface area contributed by atoms with Crippen LogP contribution in [0.4, 0.5) is 0 Å². The van der Waals surface area contributed by atoms with Crippen molar-refractivity contribution in [1.82, 2.24) is 10.6 Å². The van der Waals surface area contributed by atoms with Gasteiger partial charge >= 0.3 is 0 Å². The fourth-order valence-corrected chi connectivity index (χ4v) is 3.52. The van der Waals surface area contributed by atoms with Gasteiger partial charge in [-0.1, -0.05) is 33.6 Å². The fourth-order valence-electron chi connectivity index (χ4n) is 3.52. The lowest BCUT2D eigenvalue weighted by molar-refractivity contribution is -0.129. The number of aliphatic imine (C=N–C) groups is 1. The molecule has 2 rings (SSSR count). The number of nitrogens with zero attached hydrogens (tertiary/aromatic N) is 1. The van der Waals surface area contributed by atoms with Crippen molar-refractivity contribution in [2.24, 2.45) is 16.3 Å². The number of amides is 1. The first kappa shape index (κ1) is 13.4. The third-order valence-electron chi connectivity index (χ3n) is 4.25. The van der Waals surface area contributed by atoms with Gasteiger partial charge in [0.25, 0.3) is 5.91 Å². The number of rotatable bonds is 1. The lowest BCUT2D eigenvalue weighted by atomic mass is 9.62. The van der Waals surface area contributed by atoms with Crippen LogP contribution in [0.25, 0.3) is 0 Å². The molecule has 2 N–H and O–H groups in total. The highest BCUT2D eigenvalue weighted by atomic mass is 16.2. The molecule has 2 fully saturated rings. The van der Waals surface area contributed by atoms with Gasteiger partial charge in [-0.2, -0.15) is 0 Å². The van der Waals surface area contributed by atoms with Crippen LogP contribution >= 0.6 is 0 Å². The molecule has 0 aromatic carbocycles. The zero-order valence-electron chi connectivity index (χ0n) is 12.0. The van der Waals surface area contributed by atoms with E-state index < -0.39 is 5.54 Å². The van der Waals surface area contributed by atoms with Crippen LogP contribution in [0.3, 0.4) is 0 Å². The van der Waals surface area contributed by atoms with E-state index in [9.17, 15) is 4.79 Å². The summed E-state index contributed by atoms with van der Waals surface area (Å²) in [4.78, 5) is 16.8. The van der Waals surface area contributed by atoms with Crippen molar-refractivity contribution in [2.45, 2.75) is 58.9 Å². The Hall–Kier alpha value is -1.06. The summed E-state index contributed by atoms with van der Waals surface area (Å²) in [5.41, 5.74) is -0.295. The summed E-state index contributed by atoms with van der Waals surface area (Å²) in [6, 6.07) is 0. The average Bonchev–Trinajstić information content (AvgIpc) is 2.55. The second-order valence-electron chi connectivity index (χ2n) is 6.54. The minimum absolute atomic E-state index is 0.120. The molecule has 1 aliphatic carbocycles. The molecule has 1 heterocycles. The molecule has 1 aliphatic heterocycles. The summed E-state index contributed by atoms with van der Waals surface area (Å²) >= 11 is 0. The summed E-state index contributed by atoms with van der Waals surface area (Å²) in [6.45, 7) is 9.37. The normalized spacial score (nSPS) is 34.8. The average molecular weight is 251 g/mol. The summed E-state index contributed by atoms with van der Waals surface area (Å²) < 4.78 is 0. The highest BCUT2D eigenvalue weighted by Crippen LogP contribution is 2.45. The van der Waals surface area contributed by atoms with E-state index in [-0.39, 0.29) is 11.3 Å². The van der Waals surface area contributed by atoms with Crippen molar-refractivity contribution in [2.75, 3.05) is 6.54 Å². The Morgan fingerprint density at radius 1 is 1.39 bits per heavy atom. The largest absolute Gasteiger partial charge is 0.341 e. The predicted octanol–water partition coefficient (Wildman–Crippen LogP) is 2.06. The van der Waals surface area contributed by atoms with Gasteiger partial charge in [-0.05, 0) is 31.1 Å². The van der Waals surface area contributed by atoms with Gasteiger partial charge in [-0.25, -0.2) is 0 Å². The van der Waals surface area contributed by atoms with Crippen molar-refractivity contribution in [3.05, 3.63) is 0 Å². The van der Waals surface area contributed by atoms with Crippen LogP contribution in [0, 0.1) is 11.3 Å². The first-order valence-electron chi connectivity index (χ1n) is 7.04. The van der Waals surface area contributed by atoms with E-state index in [2.05, 4.69) is 36.4 Å². The molecule has 1 spiro atoms. The minimum Gasteiger partial charge on any atom is -0.341 e. The van der Waals surface area contributed by atoms with E-state index in [1.165, 1.54) is 6.42 Å². The molecule has 2 aliphatic rings. The lowest BCUT2D eigenvalue weighted by Gasteiger charge is -2.46. The Labute approximate surface area is 110 Å². The maximum Gasteiger partial charge on any atom is 0.252 e. The van der Waals surface area contributed by atoms with Gasteiger partial charge in [0, 0.05) is 6.54 Å². The lowest BCUT2D eigenvalue weighted by Crippen LogP contribution is -2.58. The maximum atomic E-state index is 12.4. The van der Waals surface area contributed by atoms with Gasteiger partial charge in [0.05, 0.1) is 0 Å². The minimum atomic E-state index is -0.426. The second kappa shape index (κ2) is 4.56. The molecule has 1 saturated heterocycles. The predicted molar refractivity (Wildman–Crippen MR) is 73.4 cm³/mol. The molecule has 102 valence electrons. The molecule has 1 saturated carbocycles. The molecule has 4 heteroatoms. The molecular formula is C14H25N3O. The third-order valence-corrected chi connectivity index (χ3v) is 4.25. The molecule has 18 heavy (non-hydrogen) atoms. The smallest absolute Gasteiger partial charge is 0.252 e. The first-order chi connectivity index (χ1) is 8.40. The van der Waals surface area contributed by atoms with Crippen molar-refractivity contribution < 1.29 is 4.79 Å². The number of carbonyl (C=O) groups is 1. The summed E-state index contributed by atoms with van der Waals surface area (Å²) in [5.74, 6) is 1.15. The van der Waals surface area contributed by atoms with Crippen molar-refractivity contribution in [1.29, 1.82) is 0 Å². The monoisotopic (exact) mass is 251 g/mol. The number of guanidine groups is 1. The summed E-state index contributed by atoms with van der Waals surface area (Å²) in [5, 5.41) is 6.32. The van der Waals surface area contributed by atoms with Crippen molar-refractivity contribution in [3.8, 4) is 0 Å². The number of carbonyl (C=O) groups excluding carboxylic acids is 1. The molecule has 2 unspecified atom stereocenters. The van der Waals surface area contributed by atoms with Gasteiger partial charge in [0.15, 0.2) is 5.96 Å². The molecule has 1 amide bonds. The van der Waals surface area contributed by atoms with Gasteiger partial charge in [-0.3, -0.25) is 15.1 Å². The summed E-state index contributed by atoms with van der Waals surface area (Å²) in [7, 11) is 0. The standard InChI is InChI=1S/C14H25N3O/c1-5-15-12-16-11(18)14(17-12)9-7-6-8-10(14)13(2,3)4/h10H,5-9H2,1-4H3,(H2,15,16,17,18). The SMILES string of the molecule is CCN=C1NC(=O)C2(CCCCC2C(C)(C)C)N1. The van der Waals surface area contributed by atoms with E-state index in [4.69, 9.17) is 0 Å².